The molecule has 26 heavy (non-hydrogen) atoms. The van der Waals surface area contributed by atoms with E-state index in [9.17, 15) is 10.1 Å². The molecule has 1 aliphatic heterocycles. The number of benzene rings is 2. The standard InChI is InChI=1S/C20H16N4O2/c1-2-23-18-8-4-3-6-16(18)19(22-17-7-5-13-21-20(17)23)14-9-11-15(12-10-14)24(25)26/h3-13H,2H2,1H3. The molecule has 0 radical (unpaired) electrons. The van der Waals surface area contributed by atoms with E-state index in [0.717, 1.165) is 40.6 Å². The zero-order valence-corrected chi connectivity index (χ0v) is 14.2. The minimum Gasteiger partial charge on any atom is -0.324 e. The number of nitrogens with zero attached hydrogens (tertiary/aromatic N) is 4. The van der Waals surface area contributed by atoms with Gasteiger partial charge in [0.1, 0.15) is 5.69 Å². The normalized spacial score (nSPS) is 12.7. The Labute approximate surface area is 150 Å². The van der Waals surface area contributed by atoms with Crippen molar-refractivity contribution in [2.75, 3.05) is 11.4 Å². The predicted octanol–water partition coefficient (Wildman–Crippen LogP) is 4.63. The van der Waals surface area contributed by atoms with Crippen LogP contribution >= 0.6 is 0 Å². The van der Waals surface area contributed by atoms with Gasteiger partial charge in [0, 0.05) is 36.0 Å². The first kappa shape index (κ1) is 16.0. The van der Waals surface area contributed by atoms with Crippen LogP contribution in [0.25, 0.3) is 0 Å². The molecule has 2 aromatic carbocycles. The number of nitro groups is 1. The van der Waals surface area contributed by atoms with Crippen LogP contribution in [0.3, 0.4) is 0 Å². The molecule has 0 unspecified atom stereocenters. The average molecular weight is 344 g/mol. The largest absolute Gasteiger partial charge is 0.324 e. The van der Waals surface area contributed by atoms with Crippen molar-refractivity contribution in [3.8, 4) is 0 Å². The summed E-state index contributed by atoms with van der Waals surface area (Å²) in [5.74, 6) is 0.805. The van der Waals surface area contributed by atoms with E-state index >= 15 is 0 Å². The van der Waals surface area contributed by atoms with Gasteiger partial charge in [0.25, 0.3) is 5.69 Å². The molecule has 0 spiro atoms. The van der Waals surface area contributed by atoms with E-state index in [2.05, 4.69) is 16.8 Å². The van der Waals surface area contributed by atoms with E-state index in [4.69, 9.17) is 4.99 Å². The van der Waals surface area contributed by atoms with Gasteiger partial charge in [-0.3, -0.25) is 10.1 Å². The van der Waals surface area contributed by atoms with Gasteiger partial charge >= 0.3 is 0 Å². The molecule has 3 aromatic rings. The molecule has 0 atom stereocenters. The first-order valence-corrected chi connectivity index (χ1v) is 8.34. The maximum Gasteiger partial charge on any atom is 0.269 e. The van der Waals surface area contributed by atoms with Gasteiger partial charge < -0.3 is 4.90 Å². The Morgan fingerprint density at radius 1 is 1.04 bits per heavy atom. The number of hydrogen-bond acceptors (Lipinski definition) is 5. The summed E-state index contributed by atoms with van der Waals surface area (Å²) >= 11 is 0. The molecule has 0 saturated heterocycles. The van der Waals surface area contributed by atoms with Crippen LogP contribution in [-0.2, 0) is 0 Å². The van der Waals surface area contributed by atoms with Crippen LogP contribution in [0.5, 0.6) is 0 Å². The summed E-state index contributed by atoms with van der Waals surface area (Å²) in [4.78, 5) is 22.1. The van der Waals surface area contributed by atoms with E-state index in [1.165, 1.54) is 12.1 Å². The molecule has 2 heterocycles. The van der Waals surface area contributed by atoms with Crippen molar-refractivity contribution < 1.29 is 4.92 Å². The van der Waals surface area contributed by atoms with Gasteiger partial charge in [0.2, 0.25) is 0 Å². The number of rotatable bonds is 3. The third kappa shape index (κ3) is 2.61. The van der Waals surface area contributed by atoms with Gasteiger partial charge in [-0.05, 0) is 37.3 Å². The summed E-state index contributed by atoms with van der Waals surface area (Å²) in [6, 6.07) is 18.3. The van der Waals surface area contributed by atoms with Gasteiger partial charge in [-0.25, -0.2) is 9.98 Å². The number of non-ortho nitro benzene ring substituents is 1. The molecule has 0 amide bonds. The van der Waals surface area contributed by atoms with Crippen LogP contribution < -0.4 is 4.90 Å². The highest BCUT2D eigenvalue weighted by Crippen LogP contribution is 2.38. The van der Waals surface area contributed by atoms with Crippen LogP contribution in [-0.4, -0.2) is 22.2 Å². The molecule has 0 fully saturated rings. The Morgan fingerprint density at radius 2 is 1.81 bits per heavy atom. The number of anilines is 2. The highest BCUT2D eigenvalue weighted by atomic mass is 16.6. The maximum atomic E-state index is 10.9. The molecule has 128 valence electrons. The lowest BCUT2D eigenvalue weighted by Crippen LogP contribution is -2.19. The van der Waals surface area contributed by atoms with E-state index < -0.39 is 4.92 Å². The van der Waals surface area contributed by atoms with E-state index in [1.807, 2.05) is 36.4 Å². The molecule has 6 heteroatoms. The van der Waals surface area contributed by atoms with Gasteiger partial charge in [0.05, 0.1) is 16.3 Å². The molecular weight excluding hydrogens is 328 g/mol. The molecule has 1 aliphatic rings. The fraction of sp³-hybridized carbons (Fsp3) is 0.100. The predicted molar refractivity (Wildman–Crippen MR) is 102 cm³/mol. The molecular formula is C20H16N4O2. The summed E-state index contributed by atoms with van der Waals surface area (Å²) in [6.07, 6.45) is 1.76. The molecule has 0 bridgehead atoms. The third-order valence-electron chi connectivity index (χ3n) is 4.37. The Balaban J connectivity index is 1.95. The Morgan fingerprint density at radius 3 is 2.54 bits per heavy atom. The highest BCUT2D eigenvalue weighted by molar-refractivity contribution is 6.18. The highest BCUT2D eigenvalue weighted by Gasteiger charge is 2.23. The number of nitro benzene ring substituents is 1. The second-order valence-corrected chi connectivity index (χ2v) is 5.87. The molecule has 1 aromatic heterocycles. The molecule has 0 N–H and O–H groups in total. The summed E-state index contributed by atoms with van der Waals surface area (Å²) in [5.41, 5.74) is 4.44. The fourth-order valence-corrected chi connectivity index (χ4v) is 3.17. The number of aliphatic imine (C=N–C) groups is 1. The Kier molecular flexibility index (Phi) is 3.93. The minimum absolute atomic E-state index is 0.0634. The monoisotopic (exact) mass is 344 g/mol. The third-order valence-corrected chi connectivity index (χ3v) is 4.37. The summed E-state index contributed by atoms with van der Waals surface area (Å²) in [5, 5.41) is 10.9. The van der Waals surface area contributed by atoms with Crippen molar-refractivity contribution in [3.63, 3.8) is 0 Å². The summed E-state index contributed by atoms with van der Waals surface area (Å²) in [6.45, 7) is 2.83. The zero-order chi connectivity index (χ0) is 18.1. The van der Waals surface area contributed by atoms with Gasteiger partial charge in [-0.2, -0.15) is 0 Å². The van der Waals surface area contributed by atoms with Crippen LogP contribution in [0, 0.1) is 10.1 Å². The SMILES string of the molecule is CCN1c2ccccc2C(c2ccc([N+](=O)[O-])cc2)=Nc2cccnc21. The first-order chi connectivity index (χ1) is 12.7. The Hall–Kier alpha value is -3.54. The molecule has 0 saturated carbocycles. The number of aromatic nitrogens is 1. The number of para-hydroxylation sites is 1. The van der Waals surface area contributed by atoms with Gasteiger partial charge in [-0.1, -0.05) is 18.2 Å². The van der Waals surface area contributed by atoms with Crippen molar-refractivity contribution in [2.24, 2.45) is 4.99 Å². The lowest BCUT2D eigenvalue weighted by Gasteiger charge is -2.23. The second-order valence-electron chi connectivity index (χ2n) is 5.87. The van der Waals surface area contributed by atoms with Crippen molar-refractivity contribution >= 4 is 28.6 Å². The molecule has 6 nitrogen and oxygen atoms in total. The van der Waals surface area contributed by atoms with Crippen LogP contribution in [0.4, 0.5) is 22.9 Å². The lowest BCUT2D eigenvalue weighted by molar-refractivity contribution is -0.384. The first-order valence-electron chi connectivity index (χ1n) is 8.34. The maximum absolute atomic E-state index is 10.9. The number of fused-ring (bicyclic) bond motifs is 2. The zero-order valence-electron chi connectivity index (χ0n) is 14.2. The Bertz CT molecular complexity index is 1010. The number of hydrogen-bond donors (Lipinski definition) is 0. The van der Waals surface area contributed by atoms with Crippen molar-refractivity contribution in [2.45, 2.75) is 6.92 Å². The van der Waals surface area contributed by atoms with Gasteiger partial charge in [0.15, 0.2) is 5.82 Å². The smallest absolute Gasteiger partial charge is 0.269 e. The van der Waals surface area contributed by atoms with Crippen molar-refractivity contribution in [3.05, 3.63) is 88.1 Å². The quantitative estimate of drug-likeness (QED) is 0.513. The summed E-state index contributed by atoms with van der Waals surface area (Å²) < 4.78 is 0. The van der Waals surface area contributed by atoms with Gasteiger partial charge in [-0.15, -0.1) is 0 Å². The number of pyridine rings is 1. The van der Waals surface area contributed by atoms with E-state index in [1.54, 1.807) is 18.3 Å². The van der Waals surface area contributed by atoms with E-state index in [-0.39, 0.29) is 5.69 Å². The summed E-state index contributed by atoms with van der Waals surface area (Å²) in [7, 11) is 0. The fourth-order valence-electron chi connectivity index (χ4n) is 3.17. The minimum atomic E-state index is -0.398. The lowest BCUT2D eigenvalue weighted by atomic mass is 10.00. The van der Waals surface area contributed by atoms with Crippen LogP contribution in [0.1, 0.15) is 18.1 Å². The van der Waals surface area contributed by atoms with Crippen molar-refractivity contribution in [1.82, 2.24) is 4.98 Å². The second kappa shape index (κ2) is 6.40. The topological polar surface area (TPSA) is 71.6 Å². The van der Waals surface area contributed by atoms with Crippen LogP contribution in [0.2, 0.25) is 0 Å². The van der Waals surface area contributed by atoms with E-state index in [0.29, 0.717) is 0 Å². The van der Waals surface area contributed by atoms with Crippen LogP contribution in [0.15, 0.2) is 71.9 Å². The molecule has 0 aliphatic carbocycles. The van der Waals surface area contributed by atoms with Crippen molar-refractivity contribution in [1.29, 1.82) is 0 Å². The molecule has 4 rings (SSSR count). The average Bonchev–Trinajstić information content (AvgIpc) is 2.82.